The molecule has 0 unspecified atom stereocenters. The minimum Gasteiger partial charge on any atom is -0.305 e. The van der Waals surface area contributed by atoms with Gasteiger partial charge in [-0.15, -0.1) is 0 Å². The maximum Gasteiger partial charge on any atom is 0.175 e. The van der Waals surface area contributed by atoms with Crippen molar-refractivity contribution < 1.29 is 8.42 Å². The molecule has 0 saturated carbocycles. The highest BCUT2D eigenvalue weighted by atomic mass is 32.2. The molecule has 1 atom stereocenters. The van der Waals surface area contributed by atoms with Gasteiger partial charge in [-0.3, -0.25) is 0 Å². The molecule has 0 aromatic heterocycles. The van der Waals surface area contributed by atoms with Gasteiger partial charge < -0.3 is 4.90 Å². The Bertz CT molecular complexity index is 306. The van der Waals surface area contributed by atoms with Crippen molar-refractivity contribution in [3.63, 3.8) is 0 Å². The molecule has 0 N–H and O–H groups in total. The van der Waals surface area contributed by atoms with Crippen LogP contribution in [0.2, 0.25) is 0 Å². The summed E-state index contributed by atoms with van der Waals surface area (Å²) in [7, 11) is -1.05. The van der Waals surface area contributed by atoms with Crippen LogP contribution in [-0.4, -0.2) is 38.7 Å². The molecule has 1 fully saturated rings. The predicted molar refractivity (Wildman–Crippen MR) is 58.8 cm³/mol. The van der Waals surface area contributed by atoms with E-state index >= 15 is 0 Å². The van der Waals surface area contributed by atoms with Crippen LogP contribution >= 0.6 is 0 Å². The molecule has 82 valence electrons. The summed E-state index contributed by atoms with van der Waals surface area (Å²) < 4.78 is 23.5. The molecule has 3 nitrogen and oxygen atoms in total. The first-order valence-corrected chi connectivity index (χ1v) is 6.63. The Balaban J connectivity index is 2.67. The second kappa shape index (κ2) is 4.45. The quantitative estimate of drug-likeness (QED) is 0.714. The third-order valence-electron chi connectivity index (χ3n) is 2.47. The van der Waals surface area contributed by atoms with Crippen LogP contribution < -0.4 is 0 Å². The van der Waals surface area contributed by atoms with Crippen LogP contribution in [0.3, 0.4) is 0 Å². The molecule has 0 amide bonds. The summed E-state index contributed by atoms with van der Waals surface area (Å²) >= 11 is 0. The SMILES string of the molecule is CC(C)/C=C\S(=O)(=O)[C@@H]1CCN(C)C1. The Labute approximate surface area is 86.7 Å². The van der Waals surface area contributed by atoms with Gasteiger partial charge in [0.05, 0.1) is 5.25 Å². The maximum atomic E-state index is 11.8. The van der Waals surface area contributed by atoms with Crippen LogP contribution in [0.15, 0.2) is 11.5 Å². The Hall–Kier alpha value is -0.350. The molecule has 1 rings (SSSR count). The summed E-state index contributed by atoms with van der Waals surface area (Å²) in [5.74, 6) is 0.295. The summed E-state index contributed by atoms with van der Waals surface area (Å²) in [4.78, 5) is 2.06. The highest BCUT2D eigenvalue weighted by molar-refractivity contribution is 7.94. The number of sulfone groups is 1. The normalized spacial score (nSPS) is 25.3. The smallest absolute Gasteiger partial charge is 0.175 e. The lowest BCUT2D eigenvalue weighted by atomic mass is 10.2. The van der Waals surface area contributed by atoms with Crippen molar-refractivity contribution in [1.29, 1.82) is 0 Å². The van der Waals surface area contributed by atoms with E-state index in [4.69, 9.17) is 0 Å². The second-order valence-electron chi connectivity index (χ2n) is 4.33. The predicted octanol–water partition coefficient (Wildman–Crippen LogP) is 1.28. The number of rotatable bonds is 3. The summed E-state index contributed by atoms with van der Waals surface area (Å²) in [6, 6.07) is 0. The third-order valence-corrected chi connectivity index (χ3v) is 4.32. The summed E-state index contributed by atoms with van der Waals surface area (Å²) in [6.45, 7) is 5.52. The molecule has 1 aliphatic rings. The largest absolute Gasteiger partial charge is 0.305 e. The van der Waals surface area contributed by atoms with E-state index in [1.165, 1.54) is 5.41 Å². The lowest BCUT2D eigenvalue weighted by Gasteiger charge is -2.08. The van der Waals surface area contributed by atoms with Gasteiger partial charge in [0.25, 0.3) is 0 Å². The molecule has 0 radical (unpaired) electrons. The molecule has 0 aliphatic carbocycles. The minimum absolute atomic E-state index is 0.192. The van der Waals surface area contributed by atoms with E-state index in [9.17, 15) is 8.42 Å². The fourth-order valence-corrected chi connectivity index (χ4v) is 3.19. The van der Waals surface area contributed by atoms with Crippen LogP contribution in [-0.2, 0) is 9.84 Å². The molecule has 0 aromatic carbocycles. The number of hydrogen-bond donors (Lipinski definition) is 0. The zero-order valence-electron chi connectivity index (χ0n) is 9.10. The second-order valence-corrected chi connectivity index (χ2v) is 6.45. The summed E-state index contributed by atoms with van der Waals surface area (Å²) in [5, 5.41) is 1.20. The van der Waals surface area contributed by atoms with E-state index in [0.717, 1.165) is 13.0 Å². The highest BCUT2D eigenvalue weighted by Gasteiger charge is 2.29. The van der Waals surface area contributed by atoms with Crippen LogP contribution in [0, 0.1) is 5.92 Å². The molecule has 0 bridgehead atoms. The van der Waals surface area contributed by atoms with Crippen LogP contribution in [0.4, 0.5) is 0 Å². The fraction of sp³-hybridized carbons (Fsp3) is 0.800. The van der Waals surface area contributed by atoms with Gasteiger partial charge >= 0.3 is 0 Å². The molecular formula is C10H19NO2S. The molecule has 0 aromatic rings. The first kappa shape index (κ1) is 11.7. The molecule has 1 aliphatic heterocycles. The Morgan fingerprint density at radius 2 is 2.07 bits per heavy atom. The number of hydrogen-bond acceptors (Lipinski definition) is 3. The third kappa shape index (κ3) is 3.10. The molecular weight excluding hydrogens is 198 g/mol. The average molecular weight is 217 g/mol. The van der Waals surface area contributed by atoms with E-state index in [1.807, 2.05) is 20.9 Å². The highest BCUT2D eigenvalue weighted by Crippen LogP contribution is 2.17. The maximum absolute atomic E-state index is 11.8. The van der Waals surface area contributed by atoms with Gasteiger partial charge in [0.15, 0.2) is 9.84 Å². The van der Waals surface area contributed by atoms with Gasteiger partial charge in [-0.05, 0) is 25.9 Å². The minimum atomic E-state index is -3.01. The van der Waals surface area contributed by atoms with Gasteiger partial charge in [-0.1, -0.05) is 19.9 Å². The Morgan fingerprint density at radius 3 is 2.50 bits per heavy atom. The molecule has 0 spiro atoms. The lowest BCUT2D eigenvalue weighted by Crippen LogP contribution is -2.23. The van der Waals surface area contributed by atoms with Gasteiger partial charge in [-0.2, -0.15) is 0 Å². The Morgan fingerprint density at radius 1 is 1.43 bits per heavy atom. The zero-order valence-corrected chi connectivity index (χ0v) is 9.92. The first-order valence-electron chi connectivity index (χ1n) is 5.02. The molecule has 4 heteroatoms. The molecule has 1 heterocycles. The van der Waals surface area contributed by atoms with E-state index in [-0.39, 0.29) is 5.25 Å². The Kier molecular flexibility index (Phi) is 3.72. The summed E-state index contributed by atoms with van der Waals surface area (Å²) in [6.07, 6.45) is 2.52. The van der Waals surface area contributed by atoms with E-state index < -0.39 is 9.84 Å². The molecule has 1 saturated heterocycles. The van der Waals surface area contributed by atoms with Gasteiger partial charge in [0.2, 0.25) is 0 Å². The van der Waals surface area contributed by atoms with Gasteiger partial charge in [0, 0.05) is 12.0 Å². The van der Waals surface area contributed by atoms with E-state index in [0.29, 0.717) is 12.5 Å². The van der Waals surface area contributed by atoms with Crippen molar-refractivity contribution in [2.45, 2.75) is 25.5 Å². The van der Waals surface area contributed by atoms with Crippen LogP contribution in [0.25, 0.3) is 0 Å². The van der Waals surface area contributed by atoms with Gasteiger partial charge in [0.1, 0.15) is 0 Å². The van der Waals surface area contributed by atoms with Crippen molar-refractivity contribution in [3.05, 3.63) is 11.5 Å². The van der Waals surface area contributed by atoms with Gasteiger partial charge in [-0.25, -0.2) is 8.42 Å². The topological polar surface area (TPSA) is 37.4 Å². The number of likely N-dealkylation sites (tertiary alicyclic amines) is 1. The van der Waals surface area contributed by atoms with Crippen molar-refractivity contribution in [1.82, 2.24) is 4.90 Å². The number of nitrogens with zero attached hydrogens (tertiary/aromatic N) is 1. The van der Waals surface area contributed by atoms with Crippen LogP contribution in [0.5, 0.6) is 0 Å². The molecule has 14 heavy (non-hydrogen) atoms. The summed E-state index contributed by atoms with van der Waals surface area (Å²) in [5.41, 5.74) is 0. The monoisotopic (exact) mass is 217 g/mol. The zero-order chi connectivity index (χ0) is 10.8. The van der Waals surface area contributed by atoms with Crippen molar-refractivity contribution in [2.75, 3.05) is 20.1 Å². The van der Waals surface area contributed by atoms with E-state index in [1.54, 1.807) is 6.08 Å². The average Bonchev–Trinajstić information content (AvgIpc) is 2.49. The first-order chi connectivity index (χ1) is 6.42. The van der Waals surface area contributed by atoms with Crippen molar-refractivity contribution in [3.8, 4) is 0 Å². The van der Waals surface area contributed by atoms with Crippen molar-refractivity contribution in [2.24, 2.45) is 5.92 Å². The van der Waals surface area contributed by atoms with Crippen molar-refractivity contribution >= 4 is 9.84 Å². The van der Waals surface area contributed by atoms with E-state index in [2.05, 4.69) is 4.90 Å². The van der Waals surface area contributed by atoms with Crippen LogP contribution in [0.1, 0.15) is 20.3 Å². The number of allylic oxidation sites excluding steroid dienone is 1. The standard InChI is InChI=1S/C10H19NO2S/c1-9(2)5-7-14(12,13)10-4-6-11(3)8-10/h5,7,9-10H,4,6,8H2,1-3H3/b7-5-/t10-/m1/s1. The lowest BCUT2D eigenvalue weighted by molar-refractivity contribution is 0.417. The fourth-order valence-electron chi connectivity index (χ4n) is 1.54.